The maximum absolute atomic E-state index is 12.2. The van der Waals surface area contributed by atoms with Crippen molar-refractivity contribution in [1.82, 2.24) is 5.32 Å². The zero-order chi connectivity index (χ0) is 19.2. The SMILES string of the molecule is COc1cc(-c2ccc3c(c2)CCC2(CC2)[C@]3(C=O)NC(=O)O)ccc1Cl. The molecule has 0 heterocycles. The Morgan fingerprint density at radius 2 is 1.89 bits per heavy atom. The lowest BCUT2D eigenvalue weighted by molar-refractivity contribution is -0.116. The lowest BCUT2D eigenvalue weighted by atomic mass is 9.67. The van der Waals surface area contributed by atoms with Crippen LogP contribution in [0.4, 0.5) is 4.79 Å². The number of amides is 1. The molecule has 2 aliphatic carbocycles. The summed E-state index contributed by atoms with van der Waals surface area (Å²) in [7, 11) is 1.57. The number of carbonyl (C=O) groups is 2. The van der Waals surface area contributed by atoms with Crippen molar-refractivity contribution >= 4 is 24.0 Å². The summed E-state index contributed by atoms with van der Waals surface area (Å²) in [5.41, 5.74) is 2.25. The number of ether oxygens (including phenoxy) is 1. The van der Waals surface area contributed by atoms with E-state index in [2.05, 4.69) is 5.32 Å². The van der Waals surface area contributed by atoms with Crippen molar-refractivity contribution in [2.24, 2.45) is 5.41 Å². The van der Waals surface area contributed by atoms with Crippen LogP contribution in [-0.2, 0) is 16.8 Å². The highest BCUT2D eigenvalue weighted by Crippen LogP contribution is 2.63. The van der Waals surface area contributed by atoms with Gasteiger partial charge in [0.05, 0.1) is 12.1 Å². The Bertz CT molecular complexity index is 938. The van der Waals surface area contributed by atoms with E-state index in [0.29, 0.717) is 10.8 Å². The molecule has 27 heavy (non-hydrogen) atoms. The van der Waals surface area contributed by atoms with Crippen LogP contribution in [0.25, 0.3) is 11.1 Å². The second-order valence-corrected chi connectivity index (χ2v) is 7.76. The molecule has 4 rings (SSSR count). The van der Waals surface area contributed by atoms with Crippen molar-refractivity contribution in [3.8, 4) is 16.9 Å². The fraction of sp³-hybridized carbons (Fsp3) is 0.333. The Morgan fingerprint density at radius 3 is 2.52 bits per heavy atom. The maximum atomic E-state index is 12.2. The minimum absolute atomic E-state index is 0.287. The van der Waals surface area contributed by atoms with Crippen LogP contribution in [0, 0.1) is 5.41 Å². The van der Waals surface area contributed by atoms with Crippen LogP contribution in [0.2, 0.25) is 5.02 Å². The highest BCUT2D eigenvalue weighted by atomic mass is 35.5. The van der Waals surface area contributed by atoms with Crippen molar-refractivity contribution in [1.29, 1.82) is 0 Å². The summed E-state index contributed by atoms with van der Waals surface area (Å²) in [6.45, 7) is 0. The van der Waals surface area contributed by atoms with Crippen LogP contribution in [0.1, 0.15) is 30.4 Å². The predicted molar refractivity (Wildman–Crippen MR) is 102 cm³/mol. The van der Waals surface area contributed by atoms with Crippen LogP contribution in [-0.4, -0.2) is 24.6 Å². The summed E-state index contributed by atoms with van der Waals surface area (Å²) in [4.78, 5) is 23.6. The lowest BCUT2D eigenvalue weighted by Gasteiger charge is -2.42. The summed E-state index contributed by atoms with van der Waals surface area (Å²) >= 11 is 6.11. The van der Waals surface area contributed by atoms with Crippen molar-refractivity contribution in [3.63, 3.8) is 0 Å². The zero-order valence-electron chi connectivity index (χ0n) is 14.9. The van der Waals surface area contributed by atoms with E-state index in [4.69, 9.17) is 16.3 Å². The van der Waals surface area contributed by atoms with Gasteiger partial charge in [-0.3, -0.25) is 0 Å². The van der Waals surface area contributed by atoms with Crippen molar-refractivity contribution in [2.75, 3.05) is 7.11 Å². The number of fused-ring (bicyclic) bond motifs is 1. The third-order valence-corrected chi connectivity index (χ3v) is 6.37. The molecule has 0 radical (unpaired) electrons. The van der Waals surface area contributed by atoms with Gasteiger partial charge in [-0.25, -0.2) is 4.79 Å². The Morgan fingerprint density at radius 1 is 1.19 bits per heavy atom. The minimum Gasteiger partial charge on any atom is -0.495 e. The van der Waals surface area contributed by atoms with Crippen LogP contribution in [0.5, 0.6) is 5.75 Å². The minimum atomic E-state index is -1.17. The predicted octanol–water partition coefficient (Wildman–Crippen LogP) is 4.40. The number of halogens is 1. The van der Waals surface area contributed by atoms with E-state index >= 15 is 0 Å². The van der Waals surface area contributed by atoms with Crippen LogP contribution in [0.15, 0.2) is 36.4 Å². The first-order valence-corrected chi connectivity index (χ1v) is 9.27. The molecule has 0 saturated heterocycles. The lowest BCUT2D eigenvalue weighted by Crippen LogP contribution is -2.55. The molecule has 1 saturated carbocycles. The van der Waals surface area contributed by atoms with Gasteiger partial charge in [0, 0.05) is 5.41 Å². The fourth-order valence-corrected chi connectivity index (χ4v) is 4.64. The number of aldehydes is 1. The average Bonchev–Trinajstić information content (AvgIpc) is 3.45. The highest BCUT2D eigenvalue weighted by molar-refractivity contribution is 6.32. The van der Waals surface area contributed by atoms with E-state index in [9.17, 15) is 14.7 Å². The smallest absolute Gasteiger partial charge is 0.405 e. The van der Waals surface area contributed by atoms with E-state index in [0.717, 1.165) is 54.2 Å². The summed E-state index contributed by atoms with van der Waals surface area (Å²) in [5.74, 6) is 0.596. The van der Waals surface area contributed by atoms with E-state index in [1.807, 2.05) is 30.3 Å². The maximum Gasteiger partial charge on any atom is 0.405 e. The van der Waals surface area contributed by atoms with E-state index in [-0.39, 0.29) is 5.41 Å². The molecule has 1 atom stereocenters. The number of carboxylic acid groups (broad SMARTS) is 1. The van der Waals surface area contributed by atoms with Gasteiger partial charge < -0.3 is 20.0 Å². The summed E-state index contributed by atoms with van der Waals surface area (Å²) < 4.78 is 5.30. The Kier molecular flexibility index (Phi) is 4.15. The van der Waals surface area contributed by atoms with Gasteiger partial charge >= 0.3 is 6.09 Å². The standard InChI is InChI=1S/C21H20ClNO4/c1-27-18-11-14(3-5-17(18)22)13-2-4-16-15(10-13)6-7-20(8-9-20)21(16,12-24)23-19(25)26/h2-5,10-12,23H,6-9H2,1H3,(H,25,26)/t21-/m1/s1. The molecule has 1 spiro atoms. The molecule has 1 amide bonds. The normalized spacial score (nSPS) is 22.0. The molecule has 0 unspecified atom stereocenters. The average molecular weight is 386 g/mol. The molecule has 2 N–H and O–H groups in total. The van der Waals surface area contributed by atoms with E-state index < -0.39 is 11.6 Å². The monoisotopic (exact) mass is 385 g/mol. The van der Waals surface area contributed by atoms with Gasteiger partial charge in [-0.05, 0) is 60.1 Å². The molecule has 0 bridgehead atoms. The zero-order valence-corrected chi connectivity index (χ0v) is 15.7. The second kappa shape index (κ2) is 6.27. The number of methoxy groups -OCH3 is 1. The van der Waals surface area contributed by atoms with Gasteiger partial charge in [0.15, 0.2) is 6.29 Å². The number of benzene rings is 2. The number of carbonyl (C=O) groups excluding carboxylic acids is 1. The Hall–Kier alpha value is -2.53. The van der Waals surface area contributed by atoms with Crippen molar-refractivity contribution < 1.29 is 19.4 Å². The number of hydrogen-bond acceptors (Lipinski definition) is 3. The van der Waals surface area contributed by atoms with Crippen molar-refractivity contribution in [3.05, 3.63) is 52.5 Å². The summed E-state index contributed by atoms with van der Waals surface area (Å²) in [6, 6.07) is 11.4. The number of nitrogens with one attached hydrogen (secondary N) is 1. The second-order valence-electron chi connectivity index (χ2n) is 7.36. The van der Waals surface area contributed by atoms with Gasteiger partial charge in [-0.15, -0.1) is 0 Å². The largest absolute Gasteiger partial charge is 0.495 e. The number of rotatable bonds is 4. The first-order chi connectivity index (χ1) is 12.9. The Labute approximate surface area is 162 Å². The quantitative estimate of drug-likeness (QED) is 0.764. The summed E-state index contributed by atoms with van der Waals surface area (Å²) in [5, 5.41) is 12.5. The summed E-state index contributed by atoms with van der Waals surface area (Å²) in [6.07, 6.45) is 2.96. The third kappa shape index (κ3) is 2.69. The molecule has 2 aromatic carbocycles. The molecular formula is C21H20ClNO4. The molecule has 0 aromatic heterocycles. The molecule has 140 valence electrons. The van der Waals surface area contributed by atoms with Gasteiger partial charge in [0.2, 0.25) is 0 Å². The Balaban J connectivity index is 1.81. The first-order valence-electron chi connectivity index (χ1n) is 8.89. The highest BCUT2D eigenvalue weighted by Gasteiger charge is 2.63. The van der Waals surface area contributed by atoms with Crippen LogP contribution in [0.3, 0.4) is 0 Å². The molecule has 2 aliphatic rings. The molecular weight excluding hydrogens is 366 g/mol. The molecule has 1 fully saturated rings. The van der Waals surface area contributed by atoms with Crippen LogP contribution >= 0.6 is 11.6 Å². The molecule has 6 heteroatoms. The van der Waals surface area contributed by atoms with Gasteiger partial charge in [-0.2, -0.15) is 0 Å². The van der Waals surface area contributed by atoms with Gasteiger partial charge in [-0.1, -0.05) is 35.9 Å². The fourth-order valence-electron chi connectivity index (χ4n) is 4.44. The topological polar surface area (TPSA) is 75.6 Å². The van der Waals surface area contributed by atoms with Gasteiger partial charge in [0.1, 0.15) is 11.3 Å². The molecule has 2 aromatic rings. The van der Waals surface area contributed by atoms with Crippen molar-refractivity contribution in [2.45, 2.75) is 31.2 Å². The van der Waals surface area contributed by atoms with E-state index in [1.54, 1.807) is 13.2 Å². The molecule has 0 aliphatic heterocycles. The van der Waals surface area contributed by atoms with Gasteiger partial charge in [0.25, 0.3) is 0 Å². The van der Waals surface area contributed by atoms with Crippen LogP contribution < -0.4 is 10.1 Å². The number of hydrogen-bond donors (Lipinski definition) is 2. The third-order valence-electron chi connectivity index (χ3n) is 6.06. The van der Waals surface area contributed by atoms with E-state index in [1.165, 1.54) is 0 Å². The first kappa shape index (κ1) is 17.9. The number of aryl methyl sites for hydroxylation is 1. The molecule has 5 nitrogen and oxygen atoms in total.